The van der Waals surface area contributed by atoms with Crippen LogP contribution in [0.25, 0.3) is 17.0 Å². The number of aromatic hydroxyl groups is 1. The molecule has 1 aromatic heterocycles. The minimum absolute atomic E-state index is 0.0310. The Morgan fingerprint density at radius 1 is 1.18 bits per heavy atom. The van der Waals surface area contributed by atoms with Gasteiger partial charge in [-0.05, 0) is 74.7 Å². The highest BCUT2D eigenvalue weighted by Gasteiger charge is 2.64. The number of Topliss-reactive ketones (excluding diaryl/α,β-unsaturated/α-hetero) is 2. The van der Waals surface area contributed by atoms with Gasteiger partial charge in [0.15, 0.2) is 11.4 Å². The minimum Gasteiger partial charge on any atom is -0.508 e. The topological polar surface area (TPSA) is 174 Å². The highest BCUT2D eigenvalue weighted by atomic mass is 16.3. The molecule has 0 radical (unpaired) electrons. The van der Waals surface area contributed by atoms with Gasteiger partial charge in [-0.2, -0.15) is 0 Å². The van der Waals surface area contributed by atoms with Gasteiger partial charge in [0.1, 0.15) is 22.8 Å². The molecule has 6 N–H and O–H groups in total. The maximum Gasteiger partial charge on any atom is 0.255 e. The van der Waals surface area contributed by atoms with Crippen LogP contribution in [0, 0.1) is 11.8 Å². The second-order valence-electron chi connectivity index (χ2n) is 10.4. The molecule has 198 valence electrons. The summed E-state index contributed by atoms with van der Waals surface area (Å²) in [7, 11) is 3.13. The molecule has 4 atom stereocenters. The number of hydrogen-bond donors (Lipinski definition) is 5. The van der Waals surface area contributed by atoms with E-state index < -0.39 is 58.0 Å². The first kappa shape index (κ1) is 25.6. The Balaban J connectivity index is 1.73. The number of phenols is 1. The van der Waals surface area contributed by atoms with Gasteiger partial charge in [0, 0.05) is 23.3 Å². The van der Waals surface area contributed by atoms with Crippen molar-refractivity contribution in [1.29, 1.82) is 0 Å². The van der Waals surface area contributed by atoms with E-state index in [1.807, 2.05) is 19.1 Å². The number of hydrogen-bond acceptors (Lipinski definition) is 9. The number of fused-ring (bicyclic) bond motifs is 3. The SMILES string of the molecule is CCc1ccnc(-c2ccc(O)c3c2C[C@H]2C[C@H]4[C@H](N(C)C)C(=O)C(C(N)=O)=C(O)[C@@]4(O)C(=O)C2=C3O)c1. The fraction of sp³-hybridized carbons (Fsp3) is 0.357. The first-order chi connectivity index (χ1) is 17.9. The van der Waals surface area contributed by atoms with Crippen molar-refractivity contribution >= 4 is 23.2 Å². The Kier molecular flexibility index (Phi) is 5.92. The molecular formula is C28H29N3O7. The Bertz CT molecular complexity index is 1470. The Morgan fingerprint density at radius 3 is 2.53 bits per heavy atom. The van der Waals surface area contributed by atoms with Crippen LogP contribution in [-0.4, -0.2) is 73.5 Å². The average molecular weight is 520 g/mol. The van der Waals surface area contributed by atoms with Crippen LogP contribution in [0.15, 0.2) is 47.4 Å². The van der Waals surface area contributed by atoms with Crippen LogP contribution < -0.4 is 5.73 Å². The molecule has 1 aromatic carbocycles. The number of rotatable bonds is 4. The van der Waals surface area contributed by atoms with E-state index in [2.05, 4.69) is 4.98 Å². The molecular weight excluding hydrogens is 490 g/mol. The Hall–Kier alpha value is -4.02. The van der Waals surface area contributed by atoms with Gasteiger partial charge in [-0.15, -0.1) is 0 Å². The summed E-state index contributed by atoms with van der Waals surface area (Å²) >= 11 is 0. The van der Waals surface area contributed by atoms with Crippen LogP contribution in [0.3, 0.4) is 0 Å². The van der Waals surface area contributed by atoms with Gasteiger partial charge < -0.3 is 26.2 Å². The second kappa shape index (κ2) is 8.78. The lowest BCUT2D eigenvalue weighted by molar-refractivity contribution is -0.153. The van der Waals surface area contributed by atoms with E-state index in [0.29, 0.717) is 16.8 Å². The number of phenolic OH excluding ortho intramolecular Hbond substituents is 1. The van der Waals surface area contributed by atoms with E-state index in [1.165, 1.54) is 11.0 Å². The van der Waals surface area contributed by atoms with Gasteiger partial charge in [0.25, 0.3) is 5.91 Å². The quantitative estimate of drug-likeness (QED) is 0.376. The maximum absolute atomic E-state index is 13.9. The van der Waals surface area contributed by atoms with Gasteiger partial charge in [-0.3, -0.25) is 24.3 Å². The third-order valence-corrected chi connectivity index (χ3v) is 8.11. The smallest absolute Gasteiger partial charge is 0.255 e. The summed E-state index contributed by atoms with van der Waals surface area (Å²) in [5.74, 6) is -6.74. The zero-order valence-electron chi connectivity index (χ0n) is 21.2. The van der Waals surface area contributed by atoms with Crippen molar-refractivity contribution in [3.63, 3.8) is 0 Å². The molecule has 1 saturated carbocycles. The molecule has 3 aliphatic carbocycles. The van der Waals surface area contributed by atoms with Gasteiger partial charge in [-0.25, -0.2) is 0 Å². The van der Waals surface area contributed by atoms with Crippen LogP contribution in [0.4, 0.5) is 0 Å². The largest absolute Gasteiger partial charge is 0.508 e. The summed E-state index contributed by atoms with van der Waals surface area (Å²) in [6.07, 6.45) is 2.70. The zero-order chi connectivity index (χ0) is 27.7. The molecule has 10 nitrogen and oxygen atoms in total. The Morgan fingerprint density at radius 2 is 1.89 bits per heavy atom. The molecule has 5 rings (SSSR count). The number of pyridine rings is 1. The first-order valence-electron chi connectivity index (χ1n) is 12.4. The summed E-state index contributed by atoms with van der Waals surface area (Å²) in [6, 6.07) is 5.80. The number of aryl methyl sites for hydroxylation is 1. The van der Waals surface area contributed by atoms with E-state index in [0.717, 1.165) is 12.0 Å². The number of aromatic nitrogens is 1. The lowest BCUT2D eigenvalue weighted by Crippen LogP contribution is -2.65. The molecule has 10 heteroatoms. The molecule has 1 amide bonds. The monoisotopic (exact) mass is 519 g/mol. The average Bonchev–Trinajstić information content (AvgIpc) is 2.86. The van der Waals surface area contributed by atoms with Crippen molar-refractivity contribution in [2.75, 3.05) is 14.1 Å². The number of carbonyl (C=O) groups excluding carboxylic acids is 3. The lowest BCUT2D eigenvalue weighted by Gasteiger charge is -2.50. The zero-order valence-corrected chi connectivity index (χ0v) is 21.2. The normalized spacial score (nSPS) is 26.8. The molecule has 1 heterocycles. The van der Waals surface area contributed by atoms with Crippen LogP contribution in [0.2, 0.25) is 0 Å². The molecule has 1 fully saturated rings. The van der Waals surface area contributed by atoms with Crippen molar-refractivity contribution < 1.29 is 34.8 Å². The number of nitrogens with zero attached hydrogens (tertiary/aromatic N) is 2. The lowest BCUT2D eigenvalue weighted by atomic mass is 9.57. The molecule has 3 aliphatic rings. The van der Waals surface area contributed by atoms with Crippen molar-refractivity contribution in [2.45, 2.75) is 37.8 Å². The van der Waals surface area contributed by atoms with Crippen molar-refractivity contribution in [1.82, 2.24) is 9.88 Å². The second-order valence-corrected chi connectivity index (χ2v) is 10.4. The van der Waals surface area contributed by atoms with Crippen molar-refractivity contribution in [3.8, 4) is 17.0 Å². The van der Waals surface area contributed by atoms with Crippen molar-refractivity contribution in [2.24, 2.45) is 17.6 Å². The van der Waals surface area contributed by atoms with E-state index in [4.69, 9.17) is 5.73 Å². The van der Waals surface area contributed by atoms with Gasteiger partial charge in [-0.1, -0.05) is 6.92 Å². The van der Waals surface area contributed by atoms with Gasteiger partial charge >= 0.3 is 0 Å². The molecule has 0 unspecified atom stereocenters. The molecule has 0 aliphatic heterocycles. The van der Waals surface area contributed by atoms with Crippen LogP contribution >= 0.6 is 0 Å². The van der Waals surface area contributed by atoms with Gasteiger partial charge in [0.2, 0.25) is 5.78 Å². The Labute approximate surface area is 218 Å². The molecule has 0 bridgehead atoms. The summed E-state index contributed by atoms with van der Waals surface area (Å²) in [6.45, 7) is 2.02. The molecule has 0 spiro atoms. The molecule has 38 heavy (non-hydrogen) atoms. The summed E-state index contributed by atoms with van der Waals surface area (Å²) in [4.78, 5) is 45.1. The van der Waals surface area contributed by atoms with E-state index in [-0.39, 0.29) is 29.7 Å². The van der Waals surface area contributed by atoms with E-state index >= 15 is 0 Å². The maximum atomic E-state index is 13.9. The van der Waals surface area contributed by atoms with Crippen molar-refractivity contribution in [3.05, 3.63) is 64.1 Å². The minimum atomic E-state index is -2.66. The highest BCUT2D eigenvalue weighted by molar-refractivity contribution is 6.24. The third-order valence-electron chi connectivity index (χ3n) is 8.11. The van der Waals surface area contributed by atoms with Gasteiger partial charge in [0.05, 0.1) is 17.3 Å². The number of aliphatic hydroxyl groups is 3. The van der Waals surface area contributed by atoms with Crippen LogP contribution in [-0.2, 0) is 27.2 Å². The highest BCUT2D eigenvalue weighted by Crippen LogP contribution is 2.53. The van der Waals surface area contributed by atoms with Crippen LogP contribution in [0.5, 0.6) is 5.75 Å². The predicted molar refractivity (Wildman–Crippen MR) is 137 cm³/mol. The number of primary amides is 1. The fourth-order valence-electron chi connectivity index (χ4n) is 6.33. The summed E-state index contributed by atoms with van der Waals surface area (Å²) in [5.41, 5.74) is 4.67. The number of nitrogens with two attached hydrogens (primary N) is 1. The van der Waals surface area contributed by atoms with E-state index in [9.17, 15) is 34.8 Å². The molecule has 2 aromatic rings. The number of carbonyl (C=O) groups is 3. The first-order valence-corrected chi connectivity index (χ1v) is 12.4. The number of amides is 1. The third kappa shape index (κ3) is 3.40. The summed E-state index contributed by atoms with van der Waals surface area (Å²) < 4.78 is 0. The summed E-state index contributed by atoms with van der Waals surface area (Å²) in [5, 5.41) is 44.7. The number of likely N-dealkylation sites (N-methyl/N-ethyl adjacent to an activating group) is 1. The van der Waals surface area contributed by atoms with E-state index in [1.54, 1.807) is 26.4 Å². The van der Waals surface area contributed by atoms with Crippen LogP contribution in [0.1, 0.15) is 30.0 Å². The molecule has 0 saturated heterocycles. The number of benzene rings is 1. The number of aliphatic hydroxyl groups excluding tert-OH is 2. The predicted octanol–water partition coefficient (Wildman–Crippen LogP) is 1.59. The standard InChI is InChI=1S/C28H29N3O7/c1-4-12-7-8-30-17(9-12)14-5-6-18(32)20-15(14)10-13-11-16-22(31(2)3)24(34)21(27(29)37)26(36)28(16,38)25(35)19(13)23(20)33/h5-9,13,16,22,32-33,36,38H,4,10-11H2,1-3H3,(H2,29,37)/t13-,16-,22-,28-/m0/s1. The number of ketones is 2. The fourth-order valence-corrected chi connectivity index (χ4v) is 6.33.